The fourth-order valence-electron chi connectivity index (χ4n) is 3.18. The third-order valence-corrected chi connectivity index (χ3v) is 5.13. The lowest BCUT2D eigenvalue weighted by atomic mass is 9.99. The van der Waals surface area contributed by atoms with Gasteiger partial charge in [0.05, 0.1) is 24.3 Å². The minimum atomic E-state index is -0.499. The molecule has 0 aliphatic carbocycles. The first-order valence-corrected chi connectivity index (χ1v) is 11.1. The van der Waals surface area contributed by atoms with Crippen molar-refractivity contribution in [1.29, 1.82) is 0 Å². The fraction of sp³-hybridized carbons (Fsp3) is 0.179. The van der Waals surface area contributed by atoms with E-state index in [0.29, 0.717) is 28.1 Å². The summed E-state index contributed by atoms with van der Waals surface area (Å²) in [4.78, 5) is 46.5. The molecular formula is C28H26N2O5. The summed E-state index contributed by atoms with van der Waals surface area (Å²) in [6.45, 7) is 4.79. The molecule has 0 N–H and O–H groups in total. The van der Waals surface area contributed by atoms with Gasteiger partial charge in [-0.25, -0.2) is 9.59 Å². The van der Waals surface area contributed by atoms with Gasteiger partial charge in [-0.05, 0) is 50.1 Å². The second-order valence-corrected chi connectivity index (χ2v) is 7.96. The average molecular weight is 471 g/mol. The van der Waals surface area contributed by atoms with Crippen molar-refractivity contribution in [2.75, 3.05) is 0 Å². The van der Waals surface area contributed by atoms with Crippen LogP contribution in [0.1, 0.15) is 53.4 Å². The van der Waals surface area contributed by atoms with Crippen molar-refractivity contribution in [3.63, 3.8) is 0 Å². The lowest BCUT2D eigenvalue weighted by Crippen LogP contribution is -2.09. The second kappa shape index (κ2) is 12.2. The standard InChI is InChI=1S/C28H26N2O5/c1-19(29-34-27(32)14-22-10-6-4-7-11-22)24-16-25(18-26(17-24)21(3)31)20(2)30-35-28(33)15-23-12-8-5-9-13-23/h4-13,16-18H,14-15H2,1-3H3/b29-19+,30-20+. The molecular weight excluding hydrogens is 444 g/mol. The van der Waals surface area contributed by atoms with E-state index in [0.717, 1.165) is 11.1 Å². The van der Waals surface area contributed by atoms with Crippen LogP contribution in [0, 0.1) is 0 Å². The van der Waals surface area contributed by atoms with Gasteiger partial charge in [0.25, 0.3) is 0 Å². The van der Waals surface area contributed by atoms with Crippen molar-refractivity contribution in [3.05, 3.63) is 107 Å². The largest absolute Gasteiger partial charge is 0.339 e. The fourth-order valence-corrected chi connectivity index (χ4v) is 3.18. The highest BCUT2D eigenvalue weighted by atomic mass is 16.7. The maximum Gasteiger partial charge on any atom is 0.339 e. The molecule has 0 heterocycles. The van der Waals surface area contributed by atoms with Gasteiger partial charge in [-0.1, -0.05) is 71.0 Å². The summed E-state index contributed by atoms with van der Waals surface area (Å²) in [5.74, 6) is -1.15. The van der Waals surface area contributed by atoms with Crippen LogP contribution in [0.3, 0.4) is 0 Å². The Morgan fingerprint density at radius 2 is 0.971 bits per heavy atom. The average Bonchev–Trinajstić information content (AvgIpc) is 2.86. The van der Waals surface area contributed by atoms with E-state index in [1.165, 1.54) is 6.92 Å². The number of ketones is 1. The molecule has 0 atom stereocenters. The molecule has 178 valence electrons. The van der Waals surface area contributed by atoms with Crippen molar-refractivity contribution in [3.8, 4) is 0 Å². The number of rotatable bonds is 9. The van der Waals surface area contributed by atoms with Gasteiger partial charge >= 0.3 is 11.9 Å². The third-order valence-electron chi connectivity index (χ3n) is 5.13. The Morgan fingerprint density at radius 3 is 1.34 bits per heavy atom. The van der Waals surface area contributed by atoms with Crippen LogP contribution in [0.15, 0.2) is 89.2 Å². The van der Waals surface area contributed by atoms with E-state index >= 15 is 0 Å². The Morgan fingerprint density at radius 1 is 0.600 bits per heavy atom. The summed E-state index contributed by atoms with van der Waals surface area (Å²) in [5, 5.41) is 7.89. The number of hydrogen-bond donors (Lipinski definition) is 0. The van der Waals surface area contributed by atoms with E-state index in [1.807, 2.05) is 60.7 Å². The molecule has 0 spiro atoms. The summed E-state index contributed by atoms with van der Waals surface area (Å²) >= 11 is 0. The smallest absolute Gasteiger partial charge is 0.318 e. The van der Waals surface area contributed by atoms with Gasteiger partial charge in [0.2, 0.25) is 0 Å². The highest BCUT2D eigenvalue weighted by molar-refractivity contribution is 6.07. The van der Waals surface area contributed by atoms with Crippen LogP contribution in [0.25, 0.3) is 0 Å². The lowest BCUT2D eigenvalue weighted by molar-refractivity contribution is -0.143. The monoisotopic (exact) mass is 470 g/mol. The second-order valence-electron chi connectivity index (χ2n) is 7.96. The van der Waals surface area contributed by atoms with Gasteiger partial charge in [0.1, 0.15) is 0 Å². The van der Waals surface area contributed by atoms with E-state index < -0.39 is 11.9 Å². The molecule has 0 aromatic heterocycles. The SMILES string of the molecule is CC(=O)c1cc(/C(C)=N/OC(=O)Cc2ccccc2)cc(/C(C)=N/OC(=O)Cc2ccccc2)c1. The Hall–Kier alpha value is -4.39. The molecule has 0 saturated carbocycles. The molecule has 0 radical (unpaired) electrons. The van der Waals surface area contributed by atoms with Crippen molar-refractivity contribution >= 4 is 29.1 Å². The van der Waals surface area contributed by atoms with E-state index in [9.17, 15) is 14.4 Å². The van der Waals surface area contributed by atoms with E-state index in [4.69, 9.17) is 9.68 Å². The zero-order chi connectivity index (χ0) is 25.2. The molecule has 7 nitrogen and oxygen atoms in total. The maximum absolute atomic E-state index is 12.1. The van der Waals surface area contributed by atoms with Gasteiger partial charge in [-0.15, -0.1) is 0 Å². The van der Waals surface area contributed by atoms with Crippen LogP contribution in [0.2, 0.25) is 0 Å². The van der Waals surface area contributed by atoms with E-state index in [-0.39, 0.29) is 18.6 Å². The van der Waals surface area contributed by atoms with Crippen molar-refractivity contribution < 1.29 is 24.1 Å². The van der Waals surface area contributed by atoms with Crippen LogP contribution in [0.5, 0.6) is 0 Å². The summed E-state index contributed by atoms with van der Waals surface area (Å²) < 4.78 is 0. The van der Waals surface area contributed by atoms with Crippen LogP contribution in [0.4, 0.5) is 0 Å². The molecule has 7 heteroatoms. The normalized spacial score (nSPS) is 11.6. The Labute approximate surface area is 204 Å². The number of carbonyl (C=O) groups excluding carboxylic acids is 3. The highest BCUT2D eigenvalue weighted by Gasteiger charge is 2.12. The Kier molecular flexibility index (Phi) is 8.78. The molecule has 3 aromatic rings. The molecule has 35 heavy (non-hydrogen) atoms. The molecule has 0 unspecified atom stereocenters. The topological polar surface area (TPSA) is 94.4 Å². The number of hydrogen-bond acceptors (Lipinski definition) is 7. The summed E-state index contributed by atoms with van der Waals surface area (Å²) in [6, 6.07) is 23.5. The molecule has 3 rings (SSSR count). The summed E-state index contributed by atoms with van der Waals surface area (Å²) in [7, 11) is 0. The van der Waals surface area contributed by atoms with Crippen molar-refractivity contribution in [2.45, 2.75) is 33.6 Å². The van der Waals surface area contributed by atoms with Gasteiger partial charge in [-0.3, -0.25) is 4.79 Å². The zero-order valence-electron chi connectivity index (χ0n) is 19.9. The molecule has 0 bridgehead atoms. The molecule has 0 fully saturated rings. The predicted molar refractivity (Wildman–Crippen MR) is 133 cm³/mol. The first-order chi connectivity index (χ1) is 16.8. The Balaban J connectivity index is 1.73. The quantitative estimate of drug-likeness (QED) is 0.192. The van der Waals surface area contributed by atoms with Crippen LogP contribution in [-0.2, 0) is 32.1 Å². The maximum atomic E-state index is 12.1. The first kappa shape index (κ1) is 25.2. The van der Waals surface area contributed by atoms with Gasteiger partial charge in [0, 0.05) is 16.7 Å². The summed E-state index contributed by atoms with van der Waals surface area (Å²) in [5.41, 5.74) is 4.03. The van der Waals surface area contributed by atoms with Crippen LogP contribution in [-0.4, -0.2) is 29.1 Å². The lowest BCUT2D eigenvalue weighted by Gasteiger charge is -2.08. The molecule has 0 saturated heterocycles. The zero-order valence-corrected chi connectivity index (χ0v) is 19.9. The molecule has 0 aliphatic heterocycles. The number of nitrogens with zero attached hydrogens (tertiary/aromatic N) is 2. The Bertz CT molecular complexity index is 1180. The minimum absolute atomic E-state index is 0.0937. The molecule has 3 aromatic carbocycles. The number of oxime groups is 2. The first-order valence-electron chi connectivity index (χ1n) is 11.1. The molecule has 0 amide bonds. The number of benzene rings is 3. The van der Waals surface area contributed by atoms with Gasteiger partial charge in [-0.2, -0.15) is 0 Å². The van der Waals surface area contributed by atoms with E-state index in [2.05, 4.69) is 10.3 Å². The molecule has 0 aliphatic rings. The van der Waals surface area contributed by atoms with Crippen LogP contribution < -0.4 is 0 Å². The minimum Gasteiger partial charge on any atom is -0.318 e. The number of carbonyl (C=O) groups is 3. The van der Waals surface area contributed by atoms with E-state index in [1.54, 1.807) is 32.0 Å². The third kappa shape index (κ3) is 7.85. The van der Waals surface area contributed by atoms with Crippen molar-refractivity contribution in [2.24, 2.45) is 10.3 Å². The number of Topliss-reactive ketones (excluding diaryl/α,β-unsaturated/α-hetero) is 1. The van der Waals surface area contributed by atoms with Crippen LogP contribution >= 0.6 is 0 Å². The van der Waals surface area contributed by atoms with Gasteiger partial charge in [0.15, 0.2) is 5.78 Å². The van der Waals surface area contributed by atoms with Gasteiger partial charge < -0.3 is 9.68 Å². The summed E-state index contributed by atoms with van der Waals surface area (Å²) in [6.07, 6.45) is 0.187. The predicted octanol–water partition coefficient (Wildman–Crippen LogP) is 4.91. The van der Waals surface area contributed by atoms with Crippen molar-refractivity contribution in [1.82, 2.24) is 0 Å². The highest BCUT2D eigenvalue weighted by Crippen LogP contribution is 2.15.